The number of amides is 2. The molecular formula is C40H34ClF10N7O3S2. The average Bonchev–Trinajstić information content (AvgIpc) is 3.81. The van der Waals surface area contributed by atoms with Gasteiger partial charge in [-0.1, -0.05) is 23.6 Å². The second kappa shape index (κ2) is 17.4. The van der Waals surface area contributed by atoms with Gasteiger partial charge in [0.1, 0.15) is 40.9 Å². The van der Waals surface area contributed by atoms with Crippen molar-refractivity contribution in [3.8, 4) is 23.0 Å². The van der Waals surface area contributed by atoms with Crippen molar-refractivity contribution >= 4 is 62.9 Å². The summed E-state index contributed by atoms with van der Waals surface area (Å²) >= 11 is 7.44. The first kappa shape index (κ1) is 47.3. The first-order chi connectivity index (χ1) is 29.2. The van der Waals surface area contributed by atoms with Crippen molar-refractivity contribution in [2.24, 2.45) is 0 Å². The Hall–Kier alpha value is -5.14. The quantitative estimate of drug-likeness (QED) is 0.0799. The summed E-state index contributed by atoms with van der Waals surface area (Å²) in [7, 11) is -1.51. The Labute approximate surface area is 364 Å². The van der Waals surface area contributed by atoms with E-state index in [4.69, 9.17) is 11.6 Å². The molecule has 2 atom stereocenters. The number of alkyl halides is 8. The molecule has 2 amide bonds. The summed E-state index contributed by atoms with van der Waals surface area (Å²) in [5, 5.41) is 9.73. The molecule has 1 N–H and O–H groups in total. The first-order valence-corrected chi connectivity index (χ1v) is 21.6. The maximum atomic E-state index is 15.1. The molecule has 0 saturated heterocycles. The molecule has 10 nitrogen and oxygen atoms in total. The fourth-order valence-electron chi connectivity index (χ4n) is 7.04. The van der Waals surface area contributed by atoms with Crippen LogP contribution in [-0.2, 0) is 58.4 Å². The van der Waals surface area contributed by atoms with Crippen LogP contribution in [0.3, 0.4) is 0 Å². The van der Waals surface area contributed by atoms with Gasteiger partial charge < -0.3 is 5.32 Å². The van der Waals surface area contributed by atoms with Gasteiger partial charge in [-0.3, -0.25) is 23.2 Å². The molecule has 1 aliphatic rings. The van der Waals surface area contributed by atoms with E-state index in [1.807, 2.05) is 0 Å². The van der Waals surface area contributed by atoms with Crippen molar-refractivity contribution < 1.29 is 57.7 Å². The highest BCUT2D eigenvalue weighted by Crippen LogP contribution is 2.47. The molecule has 0 saturated carbocycles. The zero-order valence-corrected chi connectivity index (χ0v) is 35.9. The predicted molar refractivity (Wildman–Crippen MR) is 216 cm³/mol. The summed E-state index contributed by atoms with van der Waals surface area (Å²) in [5.41, 5.74) is -4.39. The SMILES string of the molecule is CSN(C(C)=O)c1nn(CC(F)(F)F)c2c(-c3ccc(C#CC(C)(C)S(C)=O)nc3C(Cc3cc(F)cc(F)c3)NC(=O)Cn3nc(C(F)(F)F)c4c3C(F)(F)CC4)ccc(Cl)c12. The number of halogens is 11. The third-order valence-electron chi connectivity index (χ3n) is 9.91. The van der Waals surface area contributed by atoms with Gasteiger partial charge in [0.15, 0.2) is 11.5 Å². The lowest BCUT2D eigenvalue weighted by Crippen LogP contribution is -2.35. The molecule has 0 radical (unpaired) electrons. The Morgan fingerprint density at radius 1 is 1.02 bits per heavy atom. The van der Waals surface area contributed by atoms with E-state index < -0.39 is 113 Å². The molecule has 2 unspecified atom stereocenters. The number of carbonyl (C=O) groups is 2. The lowest BCUT2D eigenvalue weighted by Gasteiger charge is -2.23. The Morgan fingerprint density at radius 3 is 2.25 bits per heavy atom. The number of carbonyl (C=O) groups excluding carboxylic acids is 2. The van der Waals surface area contributed by atoms with Crippen molar-refractivity contribution in [2.75, 3.05) is 16.8 Å². The van der Waals surface area contributed by atoms with E-state index in [0.717, 1.165) is 35.3 Å². The number of nitrogens with zero attached hydrogens (tertiary/aromatic N) is 6. The highest BCUT2D eigenvalue weighted by molar-refractivity contribution is 8.00. The molecule has 63 heavy (non-hydrogen) atoms. The van der Waals surface area contributed by atoms with Crippen LogP contribution in [0.5, 0.6) is 0 Å². The van der Waals surface area contributed by atoms with Crippen molar-refractivity contribution in [1.29, 1.82) is 0 Å². The van der Waals surface area contributed by atoms with Gasteiger partial charge >= 0.3 is 12.4 Å². The fraction of sp³-hybridized carbons (Fsp3) is 0.375. The van der Waals surface area contributed by atoms with Crippen LogP contribution in [0.2, 0.25) is 5.02 Å². The zero-order valence-electron chi connectivity index (χ0n) is 33.5. The number of benzene rings is 2. The Morgan fingerprint density at radius 2 is 1.67 bits per heavy atom. The summed E-state index contributed by atoms with van der Waals surface area (Å²) < 4.78 is 157. The molecule has 1 aliphatic carbocycles. The Bertz CT molecular complexity index is 2700. The van der Waals surface area contributed by atoms with Crippen LogP contribution in [-0.4, -0.2) is 64.0 Å². The molecule has 0 fully saturated rings. The average molecular weight is 950 g/mol. The fourth-order valence-corrected chi connectivity index (χ4v) is 8.03. The van der Waals surface area contributed by atoms with Gasteiger partial charge in [0, 0.05) is 59.4 Å². The molecular weight excluding hydrogens is 916 g/mol. The van der Waals surface area contributed by atoms with Gasteiger partial charge in [-0.2, -0.15) is 45.3 Å². The van der Waals surface area contributed by atoms with Gasteiger partial charge in [-0.05, 0) is 80.5 Å². The standard InChI is InChI=1S/C40H34ClF10N7O3S2/c1-20(59)58(62-4)36-31-28(41)9-8-26(33(31)57(55-36)19-39(46,47)48)25-7-6-24(10-12-37(2,3)63(5)61)52-32(25)29(16-21-14-22(42)17-23(43)15-21)53-30(60)18-56-35-27(11-13-38(35,44)45)34(54-56)40(49,50)51/h6-9,14-15,17,29H,11,13,16,18-19H2,1-5H3,(H,53,60). The summed E-state index contributed by atoms with van der Waals surface area (Å²) in [4.78, 5) is 31.3. The van der Waals surface area contributed by atoms with E-state index >= 15 is 8.78 Å². The second-order valence-electron chi connectivity index (χ2n) is 14.9. The highest BCUT2D eigenvalue weighted by Gasteiger charge is 2.50. The molecule has 6 rings (SSSR count). The van der Waals surface area contributed by atoms with E-state index in [-0.39, 0.29) is 54.5 Å². The van der Waals surface area contributed by atoms with Crippen LogP contribution in [0.4, 0.5) is 49.7 Å². The molecule has 2 aromatic carbocycles. The van der Waals surface area contributed by atoms with E-state index in [1.54, 1.807) is 13.8 Å². The molecule has 0 bridgehead atoms. The maximum absolute atomic E-state index is 15.1. The predicted octanol–water partition coefficient (Wildman–Crippen LogP) is 9.09. The van der Waals surface area contributed by atoms with Gasteiger partial charge in [0.2, 0.25) is 11.8 Å². The molecule has 336 valence electrons. The van der Waals surface area contributed by atoms with Crippen molar-refractivity contribution in [2.45, 2.75) is 82.2 Å². The highest BCUT2D eigenvalue weighted by atomic mass is 35.5. The summed E-state index contributed by atoms with van der Waals surface area (Å²) in [5.74, 6) is -2.44. The second-order valence-corrected chi connectivity index (χ2v) is 18.0. The number of anilines is 1. The van der Waals surface area contributed by atoms with Crippen LogP contribution in [0.25, 0.3) is 22.0 Å². The van der Waals surface area contributed by atoms with Crippen molar-refractivity contribution in [1.82, 2.24) is 29.9 Å². The third kappa shape index (κ3) is 10.1. The van der Waals surface area contributed by atoms with Gasteiger partial charge in [0.05, 0.1) is 27.7 Å². The molecule has 0 spiro atoms. The summed E-state index contributed by atoms with van der Waals surface area (Å²) in [6.45, 7) is 1.36. The largest absolute Gasteiger partial charge is 0.435 e. The summed E-state index contributed by atoms with van der Waals surface area (Å²) in [6, 6.07) is 6.01. The monoisotopic (exact) mass is 949 g/mol. The van der Waals surface area contributed by atoms with Crippen LogP contribution in [0.15, 0.2) is 42.5 Å². The third-order valence-corrected chi connectivity index (χ3v) is 12.6. The van der Waals surface area contributed by atoms with Crippen LogP contribution in [0, 0.1) is 23.5 Å². The van der Waals surface area contributed by atoms with Crippen LogP contribution >= 0.6 is 23.5 Å². The number of nitrogens with one attached hydrogen (secondary N) is 1. The van der Waals surface area contributed by atoms with E-state index in [0.29, 0.717) is 10.7 Å². The molecule has 3 aromatic heterocycles. The number of pyridine rings is 1. The molecule has 23 heteroatoms. The minimum atomic E-state index is -5.16. The number of hydrogen-bond donors (Lipinski definition) is 1. The first-order valence-electron chi connectivity index (χ1n) is 18.5. The smallest absolute Gasteiger partial charge is 0.346 e. The van der Waals surface area contributed by atoms with Crippen LogP contribution in [0.1, 0.15) is 67.1 Å². The van der Waals surface area contributed by atoms with E-state index in [1.165, 1.54) is 36.8 Å². The minimum Gasteiger partial charge on any atom is -0.346 e. The zero-order chi connectivity index (χ0) is 46.6. The van der Waals surface area contributed by atoms with E-state index in [2.05, 4.69) is 32.3 Å². The van der Waals surface area contributed by atoms with Crippen molar-refractivity contribution in [3.63, 3.8) is 0 Å². The number of fused-ring (bicyclic) bond motifs is 2. The lowest BCUT2D eigenvalue weighted by atomic mass is 9.93. The minimum absolute atomic E-state index is 0.0676. The number of aromatic nitrogens is 5. The molecule has 5 aromatic rings. The topological polar surface area (TPSA) is 115 Å². The van der Waals surface area contributed by atoms with Gasteiger partial charge in [-0.25, -0.2) is 18.1 Å². The van der Waals surface area contributed by atoms with Gasteiger partial charge in [0.25, 0.3) is 5.92 Å². The Kier molecular flexibility index (Phi) is 13.1. The van der Waals surface area contributed by atoms with E-state index in [9.17, 15) is 48.9 Å². The maximum Gasteiger partial charge on any atom is 0.435 e. The molecule has 3 heterocycles. The Balaban J connectivity index is 1.62. The van der Waals surface area contributed by atoms with Gasteiger partial charge in [-0.15, -0.1) is 0 Å². The summed E-state index contributed by atoms with van der Waals surface area (Å²) in [6.07, 6.45) is -9.40. The van der Waals surface area contributed by atoms with Crippen molar-refractivity contribution in [3.05, 3.63) is 93.0 Å². The number of rotatable bonds is 11. The van der Waals surface area contributed by atoms with Crippen LogP contribution < -0.4 is 9.62 Å². The lowest BCUT2D eigenvalue weighted by molar-refractivity contribution is -0.143. The normalized spacial score (nSPS) is 14.9. The number of hydrogen-bond acceptors (Lipinski definition) is 7. The molecule has 0 aliphatic heterocycles.